The van der Waals surface area contributed by atoms with Crippen molar-refractivity contribution in [1.29, 1.82) is 0 Å². The van der Waals surface area contributed by atoms with E-state index in [1.807, 2.05) is 20.8 Å². The second-order valence-corrected chi connectivity index (χ2v) is 13.0. The third-order valence-electron chi connectivity index (χ3n) is 7.93. The van der Waals surface area contributed by atoms with Crippen molar-refractivity contribution in [2.75, 3.05) is 17.5 Å². The minimum atomic E-state index is -4.20. The number of carbonyl (C=O) groups excluding carboxylic acids is 2. The number of nitrogens with one attached hydrogen (secondary N) is 1. The first-order valence-corrected chi connectivity index (χ1v) is 16.7. The second kappa shape index (κ2) is 15.2. The Morgan fingerprint density at radius 1 is 0.932 bits per heavy atom. The van der Waals surface area contributed by atoms with Crippen LogP contribution in [0, 0.1) is 12.7 Å². The van der Waals surface area contributed by atoms with Gasteiger partial charge in [0.25, 0.3) is 10.0 Å². The fourth-order valence-corrected chi connectivity index (χ4v) is 6.91. The normalized spacial score (nSPS) is 14.5. The fraction of sp³-hybridized carbons (Fsp3) is 0.412. The van der Waals surface area contributed by atoms with Crippen LogP contribution in [0.2, 0.25) is 0 Å². The van der Waals surface area contributed by atoms with Gasteiger partial charge in [0.1, 0.15) is 24.2 Å². The molecule has 1 aliphatic rings. The van der Waals surface area contributed by atoms with Crippen LogP contribution in [0.1, 0.15) is 63.5 Å². The van der Waals surface area contributed by atoms with Gasteiger partial charge < -0.3 is 15.0 Å². The molecule has 1 atom stereocenters. The third-order valence-corrected chi connectivity index (χ3v) is 9.72. The van der Waals surface area contributed by atoms with Gasteiger partial charge in [0, 0.05) is 12.6 Å². The molecule has 10 heteroatoms. The molecule has 4 rings (SSSR count). The van der Waals surface area contributed by atoms with Gasteiger partial charge in [0.15, 0.2) is 0 Å². The van der Waals surface area contributed by atoms with Crippen molar-refractivity contribution in [3.8, 4) is 5.75 Å². The summed E-state index contributed by atoms with van der Waals surface area (Å²) < 4.78 is 48.4. The number of benzene rings is 3. The van der Waals surface area contributed by atoms with E-state index in [1.165, 1.54) is 29.2 Å². The quantitative estimate of drug-likeness (QED) is 0.253. The Balaban J connectivity index is 1.69. The number of sulfonamides is 1. The number of aryl methyl sites for hydroxylation is 1. The maximum absolute atomic E-state index is 14.2. The van der Waals surface area contributed by atoms with E-state index in [2.05, 4.69) is 5.32 Å². The van der Waals surface area contributed by atoms with Gasteiger partial charge in [-0.15, -0.1) is 0 Å². The molecule has 44 heavy (non-hydrogen) atoms. The molecule has 2 amide bonds. The smallest absolute Gasteiger partial charge is 0.264 e. The molecule has 1 saturated carbocycles. The van der Waals surface area contributed by atoms with Crippen molar-refractivity contribution in [3.05, 3.63) is 89.7 Å². The topological polar surface area (TPSA) is 96.0 Å². The summed E-state index contributed by atoms with van der Waals surface area (Å²) in [5.41, 5.74) is 1.88. The SMILES string of the molecule is CCOc1ccc(S(=O)(=O)N(CC(=O)N(Cc2ccc(F)cc2)[C@@H](CC)C(=O)NC2CCCCC2)c2ccc(C)cc2)cc1. The van der Waals surface area contributed by atoms with Crippen LogP contribution in [0.3, 0.4) is 0 Å². The number of rotatable bonds is 13. The van der Waals surface area contributed by atoms with E-state index in [9.17, 15) is 22.4 Å². The summed E-state index contributed by atoms with van der Waals surface area (Å²) in [4.78, 5) is 29.3. The Morgan fingerprint density at radius 3 is 2.16 bits per heavy atom. The number of anilines is 1. The first-order valence-electron chi connectivity index (χ1n) is 15.3. The minimum Gasteiger partial charge on any atom is -0.494 e. The molecule has 236 valence electrons. The van der Waals surface area contributed by atoms with E-state index in [0.717, 1.165) is 42.0 Å². The van der Waals surface area contributed by atoms with Crippen molar-refractivity contribution in [3.63, 3.8) is 0 Å². The van der Waals surface area contributed by atoms with Crippen molar-refractivity contribution in [2.24, 2.45) is 0 Å². The Morgan fingerprint density at radius 2 is 1.57 bits per heavy atom. The first kappa shape index (κ1) is 33.0. The molecule has 0 saturated heterocycles. The molecule has 0 heterocycles. The van der Waals surface area contributed by atoms with Gasteiger partial charge in [0.2, 0.25) is 11.8 Å². The minimum absolute atomic E-state index is 0.00138. The zero-order valence-corrected chi connectivity index (χ0v) is 26.5. The van der Waals surface area contributed by atoms with E-state index in [1.54, 1.807) is 48.5 Å². The monoisotopic (exact) mass is 623 g/mol. The highest BCUT2D eigenvalue weighted by molar-refractivity contribution is 7.92. The number of carbonyl (C=O) groups is 2. The molecule has 0 radical (unpaired) electrons. The summed E-state index contributed by atoms with van der Waals surface area (Å²) in [5.74, 6) is -0.702. The Bertz CT molecular complexity index is 1490. The van der Waals surface area contributed by atoms with Crippen molar-refractivity contribution in [1.82, 2.24) is 10.2 Å². The van der Waals surface area contributed by atoms with Crippen LogP contribution >= 0.6 is 0 Å². The molecule has 0 bridgehead atoms. The molecule has 0 aliphatic heterocycles. The van der Waals surface area contributed by atoms with E-state index >= 15 is 0 Å². The summed E-state index contributed by atoms with van der Waals surface area (Å²) in [5, 5.41) is 3.13. The van der Waals surface area contributed by atoms with Gasteiger partial charge in [0.05, 0.1) is 17.2 Å². The highest BCUT2D eigenvalue weighted by Gasteiger charge is 2.34. The molecule has 3 aromatic rings. The predicted molar refractivity (Wildman–Crippen MR) is 169 cm³/mol. The first-order chi connectivity index (χ1) is 21.1. The standard InChI is InChI=1S/C34H42FN3O5S/c1-4-32(34(40)36-28-9-7-6-8-10-28)37(23-26-13-15-27(35)16-14-26)33(39)24-38(29-17-11-25(3)12-18-29)44(41,42)31-21-19-30(20-22-31)43-5-2/h11-22,28,32H,4-10,23-24H2,1-3H3,(H,36,40)/t32-/m0/s1. The van der Waals surface area contributed by atoms with E-state index in [-0.39, 0.29) is 23.4 Å². The third kappa shape index (κ3) is 8.37. The van der Waals surface area contributed by atoms with Crippen LogP contribution < -0.4 is 14.4 Å². The molecular formula is C34H42FN3O5S. The maximum atomic E-state index is 14.2. The molecule has 0 spiro atoms. The average molecular weight is 624 g/mol. The summed E-state index contributed by atoms with van der Waals surface area (Å²) in [6.45, 7) is 5.47. The highest BCUT2D eigenvalue weighted by Crippen LogP contribution is 2.27. The molecule has 1 aliphatic carbocycles. The van der Waals surface area contributed by atoms with Crippen molar-refractivity contribution < 1.29 is 27.1 Å². The van der Waals surface area contributed by atoms with Crippen LogP contribution in [0.4, 0.5) is 10.1 Å². The van der Waals surface area contributed by atoms with Gasteiger partial charge in [-0.05, 0) is 87.2 Å². The van der Waals surface area contributed by atoms with Crippen LogP contribution in [0.25, 0.3) is 0 Å². The van der Waals surface area contributed by atoms with Gasteiger partial charge in [-0.25, -0.2) is 12.8 Å². The number of hydrogen-bond donors (Lipinski definition) is 1. The number of nitrogens with zero attached hydrogens (tertiary/aromatic N) is 2. The van der Waals surface area contributed by atoms with E-state index in [4.69, 9.17) is 4.74 Å². The van der Waals surface area contributed by atoms with Gasteiger partial charge in [-0.3, -0.25) is 13.9 Å². The molecule has 3 aromatic carbocycles. The Kier molecular flexibility index (Phi) is 11.4. The van der Waals surface area contributed by atoms with Crippen molar-refractivity contribution >= 4 is 27.5 Å². The Labute approximate surface area is 260 Å². The highest BCUT2D eigenvalue weighted by atomic mass is 32.2. The van der Waals surface area contributed by atoms with E-state index in [0.29, 0.717) is 30.0 Å². The zero-order valence-electron chi connectivity index (χ0n) is 25.7. The predicted octanol–water partition coefficient (Wildman–Crippen LogP) is 5.98. The van der Waals surface area contributed by atoms with Crippen LogP contribution in [0.5, 0.6) is 5.75 Å². The van der Waals surface area contributed by atoms with Crippen LogP contribution in [-0.2, 0) is 26.2 Å². The summed E-state index contributed by atoms with van der Waals surface area (Å²) in [7, 11) is -4.20. The van der Waals surface area contributed by atoms with Crippen LogP contribution in [-0.4, -0.2) is 50.4 Å². The van der Waals surface area contributed by atoms with Crippen molar-refractivity contribution in [2.45, 2.75) is 82.8 Å². The largest absolute Gasteiger partial charge is 0.494 e. The number of halogens is 1. The summed E-state index contributed by atoms with van der Waals surface area (Å²) in [6, 6.07) is 17.9. The second-order valence-electron chi connectivity index (χ2n) is 11.2. The molecule has 0 unspecified atom stereocenters. The lowest BCUT2D eigenvalue weighted by molar-refractivity contribution is -0.140. The molecule has 1 N–H and O–H groups in total. The molecular weight excluding hydrogens is 581 g/mol. The fourth-order valence-electron chi connectivity index (χ4n) is 5.49. The number of amides is 2. The van der Waals surface area contributed by atoms with Crippen LogP contribution in [0.15, 0.2) is 77.7 Å². The van der Waals surface area contributed by atoms with E-state index < -0.39 is 34.3 Å². The lowest BCUT2D eigenvalue weighted by Crippen LogP contribution is -2.54. The average Bonchev–Trinajstić information content (AvgIpc) is 3.02. The zero-order chi connectivity index (χ0) is 31.7. The van der Waals surface area contributed by atoms with Gasteiger partial charge in [-0.2, -0.15) is 0 Å². The maximum Gasteiger partial charge on any atom is 0.264 e. The number of ether oxygens (including phenoxy) is 1. The number of hydrogen-bond acceptors (Lipinski definition) is 5. The van der Waals surface area contributed by atoms with Gasteiger partial charge in [-0.1, -0.05) is 56.0 Å². The van der Waals surface area contributed by atoms with Gasteiger partial charge >= 0.3 is 0 Å². The summed E-state index contributed by atoms with van der Waals surface area (Å²) in [6.07, 6.45) is 5.30. The molecule has 1 fully saturated rings. The lowest BCUT2D eigenvalue weighted by Gasteiger charge is -2.34. The summed E-state index contributed by atoms with van der Waals surface area (Å²) >= 11 is 0. The lowest BCUT2D eigenvalue weighted by atomic mass is 9.95. The Hall–Kier alpha value is -3.92. The molecule has 0 aromatic heterocycles. The molecule has 8 nitrogen and oxygen atoms in total.